The summed E-state index contributed by atoms with van der Waals surface area (Å²) in [6, 6.07) is 13.6. The molecule has 0 aliphatic heterocycles. The maximum Gasteiger partial charge on any atom is 0.282 e. The number of nitrogens with zero attached hydrogens (tertiary/aromatic N) is 3. The van der Waals surface area contributed by atoms with Crippen LogP contribution in [0.2, 0.25) is 0 Å². The van der Waals surface area contributed by atoms with Crippen molar-refractivity contribution in [3.63, 3.8) is 0 Å². The summed E-state index contributed by atoms with van der Waals surface area (Å²) in [5.74, 6) is 0.481. The zero-order valence-corrected chi connectivity index (χ0v) is 12.0. The monoisotopic (exact) mass is 291 g/mol. The van der Waals surface area contributed by atoms with Crippen molar-refractivity contribution in [2.24, 2.45) is 0 Å². The Hall–Kier alpha value is -2.95. The zero-order valence-electron chi connectivity index (χ0n) is 12.0. The fourth-order valence-corrected chi connectivity index (χ4v) is 2.68. The van der Waals surface area contributed by atoms with Crippen LogP contribution in [0.25, 0.3) is 22.1 Å². The minimum atomic E-state index is -0.179. The molecule has 0 saturated carbocycles. The van der Waals surface area contributed by atoms with Gasteiger partial charge in [0.2, 0.25) is 0 Å². The van der Waals surface area contributed by atoms with E-state index >= 15 is 0 Å². The molecule has 0 atom stereocenters. The van der Waals surface area contributed by atoms with Crippen LogP contribution in [0.5, 0.6) is 0 Å². The van der Waals surface area contributed by atoms with Crippen molar-refractivity contribution in [3.05, 3.63) is 70.5 Å². The van der Waals surface area contributed by atoms with Crippen LogP contribution in [0.4, 0.5) is 0 Å². The molecular formula is C17H13N3O2. The van der Waals surface area contributed by atoms with E-state index in [0.717, 1.165) is 10.9 Å². The molecule has 5 nitrogen and oxygen atoms in total. The first kappa shape index (κ1) is 12.8. The van der Waals surface area contributed by atoms with E-state index in [-0.39, 0.29) is 5.56 Å². The maximum atomic E-state index is 12.8. The molecule has 4 rings (SSSR count). The Labute approximate surface area is 125 Å². The van der Waals surface area contributed by atoms with Gasteiger partial charge in [0.15, 0.2) is 17.0 Å². The predicted octanol–water partition coefficient (Wildman–Crippen LogP) is 2.89. The standard InChI is InChI=1S/C17H13N3O2/c1-11-19-14-15(22-11)13-8-5-9-18-16(13)20(17(14)21)10-12-6-3-2-4-7-12/h2-9H,10H2,1H3. The summed E-state index contributed by atoms with van der Waals surface area (Å²) in [5.41, 5.74) is 2.34. The second-order valence-corrected chi connectivity index (χ2v) is 5.16. The van der Waals surface area contributed by atoms with Crippen LogP contribution >= 0.6 is 0 Å². The molecule has 0 aliphatic carbocycles. The number of hydrogen-bond donors (Lipinski definition) is 0. The Morgan fingerprint density at radius 2 is 1.95 bits per heavy atom. The van der Waals surface area contributed by atoms with Crippen molar-refractivity contribution in [2.75, 3.05) is 0 Å². The SMILES string of the molecule is Cc1nc2c(=O)n(Cc3ccccc3)c3ncccc3c2o1. The highest BCUT2D eigenvalue weighted by atomic mass is 16.3. The highest BCUT2D eigenvalue weighted by Gasteiger charge is 2.16. The van der Waals surface area contributed by atoms with Gasteiger partial charge >= 0.3 is 0 Å². The van der Waals surface area contributed by atoms with Crippen LogP contribution in [0, 0.1) is 6.92 Å². The van der Waals surface area contributed by atoms with Gasteiger partial charge in [-0.25, -0.2) is 9.97 Å². The molecule has 0 fully saturated rings. The predicted molar refractivity (Wildman–Crippen MR) is 83.9 cm³/mol. The molecule has 0 bridgehead atoms. The Morgan fingerprint density at radius 1 is 1.14 bits per heavy atom. The molecule has 108 valence electrons. The molecule has 22 heavy (non-hydrogen) atoms. The van der Waals surface area contributed by atoms with Gasteiger partial charge in [0, 0.05) is 13.1 Å². The molecule has 0 aliphatic rings. The summed E-state index contributed by atoms with van der Waals surface area (Å²) in [7, 11) is 0. The van der Waals surface area contributed by atoms with E-state index in [1.165, 1.54) is 0 Å². The number of rotatable bonds is 2. The Bertz CT molecular complexity index is 1030. The van der Waals surface area contributed by atoms with Gasteiger partial charge in [0.05, 0.1) is 11.9 Å². The molecular weight excluding hydrogens is 278 g/mol. The van der Waals surface area contributed by atoms with Crippen molar-refractivity contribution < 1.29 is 4.42 Å². The van der Waals surface area contributed by atoms with Gasteiger partial charge in [0.1, 0.15) is 5.65 Å². The fourth-order valence-electron chi connectivity index (χ4n) is 2.68. The Balaban J connectivity index is 2.07. The number of aryl methyl sites for hydroxylation is 1. The van der Waals surface area contributed by atoms with Gasteiger partial charge in [-0.15, -0.1) is 0 Å². The van der Waals surface area contributed by atoms with Crippen molar-refractivity contribution in [2.45, 2.75) is 13.5 Å². The van der Waals surface area contributed by atoms with E-state index < -0.39 is 0 Å². The molecule has 3 aromatic heterocycles. The lowest BCUT2D eigenvalue weighted by molar-refractivity contribution is 0.563. The summed E-state index contributed by atoms with van der Waals surface area (Å²) in [6.07, 6.45) is 1.68. The molecule has 0 amide bonds. The number of aromatic nitrogens is 3. The Morgan fingerprint density at radius 3 is 2.77 bits per heavy atom. The molecule has 4 aromatic rings. The van der Waals surface area contributed by atoms with Crippen LogP contribution < -0.4 is 5.56 Å². The summed E-state index contributed by atoms with van der Waals surface area (Å²) in [4.78, 5) is 21.4. The molecule has 0 unspecified atom stereocenters. The van der Waals surface area contributed by atoms with Crippen LogP contribution in [-0.2, 0) is 6.54 Å². The third kappa shape index (κ3) is 1.90. The molecule has 0 N–H and O–H groups in total. The van der Waals surface area contributed by atoms with E-state index in [4.69, 9.17) is 4.42 Å². The quantitative estimate of drug-likeness (QED) is 0.569. The molecule has 3 heterocycles. The minimum absolute atomic E-state index is 0.179. The van der Waals surface area contributed by atoms with Crippen molar-refractivity contribution >= 4 is 22.1 Å². The van der Waals surface area contributed by atoms with Gasteiger partial charge in [-0.3, -0.25) is 9.36 Å². The lowest BCUT2D eigenvalue weighted by Crippen LogP contribution is -2.22. The normalized spacial score (nSPS) is 11.3. The van der Waals surface area contributed by atoms with Gasteiger partial charge in [-0.2, -0.15) is 0 Å². The topological polar surface area (TPSA) is 60.9 Å². The highest BCUT2D eigenvalue weighted by Crippen LogP contribution is 2.22. The number of oxazole rings is 1. The van der Waals surface area contributed by atoms with Crippen LogP contribution in [0.1, 0.15) is 11.5 Å². The average Bonchev–Trinajstić information content (AvgIpc) is 2.95. The minimum Gasteiger partial charge on any atom is -0.440 e. The number of fused-ring (bicyclic) bond motifs is 3. The number of hydrogen-bond acceptors (Lipinski definition) is 4. The van der Waals surface area contributed by atoms with E-state index in [1.54, 1.807) is 17.7 Å². The largest absolute Gasteiger partial charge is 0.440 e. The molecule has 5 heteroatoms. The number of pyridine rings is 2. The van der Waals surface area contributed by atoms with Gasteiger partial charge in [0.25, 0.3) is 5.56 Å². The molecule has 0 saturated heterocycles. The third-order valence-electron chi connectivity index (χ3n) is 3.65. The molecule has 0 radical (unpaired) electrons. The van der Waals surface area contributed by atoms with Gasteiger partial charge < -0.3 is 4.42 Å². The first-order valence-corrected chi connectivity index (χ1v) is 7.02. The van der Waals surface area contributed by atoms with E-state index in [9.17, 15) is 4.79 Å². The third-order valence-corrected chi connectivity index (χ3v) is 3.65. The lowest BCUT2D eigenvalue weighted by Gasteiger charge is -2.09. The first-order chi connectivity index (χ1) is 10.7. The molecule has 0 spiro atoms. The van der Waals surface area contributed by atoms with E-state index in [1.807, 2.05) is 42.5 Å². The van der Waals surface area contributed by atoms with E-state index in [2.05, 4.69) is 9.97 Å². The van der Waals surface area contributed by atoms with Gasteiger partial charge in [-0.05, 0) is 17.7 Å². The van der Waals surface area contributed by atoms with Gasteiger partial charge in [-0.1, -0.05) is 30.3 Å². The smallest absolute Gasteiger partial charge is 0.282 e. The first-order valence-electron chi connectivity index (χ1n) is 7.02. The fraction of sp³-hybridized carbons (Fsp3) is 0.118. The van der Waals surface area contributed by atoms with Crippen molar-refractivity contribution in [3.8, 4) is 0 Å². The summed E-state index contributed by atoms with van der Waals surface area (Å²) < 4.78 is 7.25. The lowest BCUT2D eigenvalue weighted by atomic mass is 10.2. The number of benzene rings is 1. The van der Waals surface area contributed by atoms with Crippen molar-refractivity contribution in [1.82, 2.24) is 14.5 Å². The molecule has 1 aromatic carbocycles. The Kier molecular flexibility index (Phi) is 2.79. The van der Waals surface area contributed by atoms with E-state index in [0.29, 0.717) is 29.2 Å². The average molecular weight is 291 g/mol. The summed E-state index contributed by atoms with van der Waals surface area (Å²) in [6.45, 7) is 2.19. The zero-order chi connectivity index (χ0) is 15.1. The summed E-state index contributed by atoms with van der Waals surface area (Å²) in [5, 5.41) is 0.800. The van der Waals surface area contributed by atoms with Crippen molar-refractivity contribution in [1.29, 1.82) is 0 Å². The van der Waals surface area contributed by atoms with Crippen LogP contribution in [-0.4, -0.2) is 14.5 Å². The van der Waals surface area contributed by atoms with Crippen LogP contribution in [0.3, 0.4) is 0 Å². The second-order valence-electron chi connectivity index (χ2n) is 5.16. The summed E-state index contributed by atoms with van der Waals surface area (Å²) >= 11 is 0. The second kappa shape index (κ2) is 4.80. The highest BCUT2D eigenvalue weighted by molar-refractivity contribution is 5.99. The van der Waals surface area contributed by atoms with Crippen LogP contribution in [0.15, 0.2) is 57.9 Å². The maximum absolute atomic E-state index is 12.8.